The number of piperidine rings is 1. The van der Waals surface area contributed by atoms with E-state index in [1.807, 2.05) is 12.1 Å². The van der Waals surface area contributed by atoms with Gasteiger partial charge in [0.15, 0.2) is 5.84 Å². The lowest BCUT2D eigenvalue weighted by molar-refractivity contribution is 0.318. The van der Waals surface area contributed by atoms with Gasteiger partial charge in [0.05, 0.1) is 0 Å². The fourth-order valence-electron chi connectivity index (χ4n) is 2.50. The molecule has 1 aromatic rings. The fraction of sp³-hybridized carbons (Fsp3) is 0.538. The van der Waals surface area contributed by atoms with Crippen LogP contribution in [0, 0.1) is 0 Å². The molecule has 0 aromatic carbocycles. The minimum absolute atomic E-state index is 0.0573. The summed E-state index contributed by atoms with van der Waals surface area (Å²) in [5.74, 6) is 0.979. The van der Waals surface area contributed by atoms with E-state index in [4.69, 9.17) is 10.9 Å². The minimum Gasteiger partial charge on any atom is -0.409 e. The first-order chi connectivity index (χ1) is 8.76. The molecule has 1 aliphatic rings. The molecule has 1 atom stereocenters. The largest absolute Gasteiger partial charge is 0.409 e. The molecule has 2 rings (SSSR count). The summed E-state index contributed by atoms with van der Waals surface area (Å²) in [5.41, 5.74) is 6.10. The first-order valence-electron chi connectivity index (χ1n) is 6.48. The summed E-state index contributed by atoms with van der Waals surface area (Å²) in [4.78, 5) is 6.81. The van der Waals surface area contributed by atoms with Crippen LogP contribution in [-0.2, 0) is 0 Å². The summed E-state index contributed by atoms with van der Waals surface area (Å²) in [6.45, 7) is 3.24. The number of hydrogen-bond donors (Lipinski definition) is 2. The first-order valence-corrected chi connectivity index (χ1v) is 6.48. The van der Waals surface area contributed by atoms with Crippen LogP contribution >= 0.6 is 0 Å². The van der Waals surface area contributed by atoms with Crippen LogP contribution in [-0.4, -0.2) is 28.6 Å². The van der Waals surface area contributed by atoms with Gasteiger partial charge in [-0.15, -0.1) is 0 Å². The molecule has 3 N–H and O–H groups in total. The van der Waals surface area contributed by atoms with E-state index in [9.17, 15) is 0 Å². The predicted molar refractivity (Wildman–Crippen MR) is 72.0 cm³/mol. The molecule has 1 unspecified atom stereocenters. The van der Waals surface area contributed by atoms with Crippen molar-refractivity contribution in [2.24, 2.45) is 10.9 Å². The Morgan fingerprint density at radius 2 is 2.39 bits per heavy atom. The minimum atomic E-state index is 0.0573. The lowest BCUT2D eigenvalue weighted by Crippen LogP contribution is -2.39. The molecule has 0 bridgehead atoms. The van der Waals surface area contributed by atoms with E-state index < -0.39 is 0 Å². The van der Waals surface area contributed by atoms with Gasteiger partial charge in [0, 0.05) is 12.6 Å². The van der Waals surface area contributed by atoms with Crippen LogP contribution in [0.4, 0.5) is 5.82 Å². The Morgan fingerprint density at radius 3 is 3.11 bits per heavy atom. The number of anilines is 1. The molecular weight excluding hydrogens is 228 g/mol. The van der Waals surface area contributed by atoms with Gasteiger partial charge in [-0.1, -0.05) is 18.1 Å². The number of hydrogen-bond acceptors (Lipinski definition) is 4. The lowest BCUT2D eigenvalue weighted by atomic mass is 10.00. The Hall–Kier alpha value is -1.78. The van der Waals surface area contributed by atoms with Gasteiger partial charge in [0.1, 0.15) is 11.5 Å². The van der Waals surface area contributed by atoms with E-state index in [-0.39, 0.29) is 5.84 Å². The summed E-state index contributed by atoms with van der Waals surface area (Å²) in [6.07, 6.45) is 4.82. The summed E-state index contributed by atoms with van der Waals surface area (Å²) < 4.78 is 0. The molecular formula is C13H20N4O. The number of aromatic nitrogens is 1. The number of nitrogens with two attached hydrogens (primary N) is 1. The van der Waals surface area contributed by atoms with Gasteiger partial charge < -0.3 is 15.8 Å². The molecule has 1 aromatic heterocycles. The molecule has 0 spiro atoms. The van der Waals surface area contributed by atoms with Crippen molar-refractivity contribution in [1.82, 2.24) is 4.98 Å². The Morgan fingerprint density at radius 1 is 1.56 bits per heavy atom. The highest BCUT2D eigenvalue weighted by Gasteiger charge is 2.22. The van der Waals surface area contributed by atoms with Gasteiger partial charge in [-0.05, 0) is 37.8 Å². The van der Waals surface area contributed by atoms with Crippen LogP contribution in [0.2, 0.25) is 0 Å². The van der Waals surface area contributed by atoms with Crippen LogP contribution in [0.25, 0.3) is 0 Å². The summed E-state index contributed by atoms with van der Waals surface area (Å²) >= 11 is 0. The Bertz CT molecular complexity index is 433. The number of oxime groups is 1. The van der Waals surface area contributed by atoms with Gasteiger partial charge >= 0.3 is 0 Å². The van der Waals surface area contributed by atoms with E-state index >= 15 is 0 Å². The molecule has 1 saturated heterocycles. The van der Waals surface area contributed by atoms with Crippen molar-refractivity contribution in [3.63, 3.8) is 0 Å². The van der Waals surface area contributed by atoms with Crippen molar-refractivity contribution in [2.75, 3.05) is 11.4 Å². The van der Waals surface area contributed by atoms with E-state index in [0.717, 1.165) is 18.8 Å². The van der Waals surface area contributed by atoms with E-state index in [2.05, 4.69) is 22.0 Å². The molecule has 98 valence electrons. The summed E-state index contributed by atoms with van der Waals surface area (Å²) in [7, 11) is 0. The van der Waals surface area contributed by atoms with Crippen molar-refractivity contribution >= 4 is 11.7 Å². The van der Waals surface area contributed by atoms with Gasteiger partial charge in [-0.25, -0.2) is 4.98 Å². The van der Waals surface area contributed by atoms with Crippen LogP contribution in [0.3, 0.4) is 0 Å². The van der Waals surface area contributed by atoms with Gasteiger partial charge in [0.25, 0.3) is 0 Å². The zero-order chi connectivity index (χ0) is 13.0. The highest BCUT2D eigenvalue weighted by Crippen LogP contribution is 2.24. The molecule has 2 heterocycles. The predicted octanol–water partition coefficient (Wildman–Crippen LogP) is 1.95. The zero-order valence-corrected chi connectivity index (χ0v) is 10.7. The molecule has 5 nitrogen and oxygen atoms in total. The third-order valence-electron chi connectivity index (χ3n) is 3.50. The normalized spacial score (nSPS) is 21.1. The second kappa shape index (κ2) is 5.71. The zero-order valence-electron chi connectivity index (χ0n) is 10.7. The van der Waals surface area contributed by atoms with E-state index in [1.54, 1.807) is 6.07 Å². The molecule has 0 aliphatic carbocycles. The molecule has 1 fully saturated rings. The van der Waals surface area contributed by atoms with Crippen LogP contribution in [0.15, 0.2) is 23.4 Å². The van der Waals surface area contributed by atoms with E-state index in [0.29, 0.717) is 11.7 Å². The van der Waals surface area contributed by atoms with Crippen molar-refractivity contribution in [3.8, 4) is 0 Å². The lowest BCUT2D eigenvalue weighted by Gasteiger charge is -2.36. The second-order valence-electron chi connectivity index (χ2n) is 4.62. The Balaban J connectivity index is 2.26. The monoisotopic (exact) mass is 248 g/mol. The van der Waals surface area contributed by atoms with Gasteiger partial charge in [-0.3, -0.25) is 0 Å². The Labute approximate surface area is 107 Å². The van der Waals surface area contributed by atoms with Crippen LogP contribution in [0.1, 0.15) is 38.3 Å². The number of nitrogens with zero attached hydrogens (tertiary/aromatic N) is 3. The van der Waals surface area contributed by atoms with Gasteiger partial charge in [-0.2, -0.15) is 0 Å². The highest BCUT2D eigenvalue weighted by molar-refractivity contribution is 5.95. The topological polar surface area (TPSA) is 74.7 Å². The third kappa shape index (κ3) is 2.55. The van der Waals surface area contributed by atoms with Crippen molar-refractivity contribution in [2.45, 2.75) is 38.6 Å². The SMILES string of the molecule is CCC1CCCCN1c1cccc(C(N)=NO)n1. The number of pyridine rings is 1. The first kappa shape index (κ1) is 12.7. The maximum absolute atomic E-state index is 8.70. The van der Waals surface area contributed by atoms with Crippen molar-refractivity contribution < 1.29 is 5.21 Å². The Kier molecular flexibility index (Phi) is 4.02. The molecule has 1 aliphatic heterocycles. The number of rotatable bonds is 3. The average molecular weight is 248 g/mol. The third-order valence-corrected chi connectivity index (χ3v) is 3.50. The second-order valence-corrected chi connectivity index (χ2v) is 4.62. The fourth-order valence-corrected chi connectivity index (χ4v) is 2.50. The van der Waals surface area contributed by atoms with Crippen LogP contribution < -0.4 is 10.6 Å². The standard InChI is InChI=1S/C13H20N4O/c1-2-10-6-3-4-9-17(10)12-8-5-7-11(15-12)13(14)16-18/h5,7-8,10,18H,2-4,6,9H2,1H3,(H2,14,16). The summed E-state index contributed by atoms with van der Waals surface area (Å²) in [6, 6.07) is 6.19. The van der Waals surface area contributed by atoms with E-state index in [1.165, 1.54) is 19.3 Å². The maximum Gasteiger partial charge on any atom is 0.188 e. The molecule has 0 amide bonds. The molecule has 18 heavy (non-hydrogen) atoms. The van der Waals surface area contributed by atoms with Gasteiger partial charge in [0.2, 0.25) is 0 Å². The van der Waals surface area contributed by atoms with Crippen molar-refractivity contribution in [3.05, 3.63) is 23.9 Å². The maximum atomic E-state index is 8.70. The molecule has 0 saturated carbocycles. The molecule has 5 heteroatoms. The average Bonchev–Trinajstić information content (AvgIpc) is 2.46. The summed E-state index contributed by atoms with van der Waals surface area (Å²) in [5, 5.41) is 11.7. The van der Waals surface area contributed by atoms with Crippen molar-refractivity contribution in [1.29, 1.82) is 0 Å². The highest BCUT2D eigenvalue weighted by atomic mass is 16.4. The van der Waals surface area contributed by atoms with Crippen LogP contribution in [0.5, 0.6) is 0 Å². The quantitative estimate of drug-likeness (QED) is 0.371. The molecule has 0 radical (unpaired) electrons. The smallest absolute Gasteiger partial charge is 0.188 e. The number of amidine groups is 1.